The van der Waals surface area contributed by atoms with Crippen molar-refractivity contribution in [2.45, 2.75) is 31.9 Å². The van der Waals surface area contributed by atoms with Gasteiger partial charge in [0.15, 0.2) is 6.23 Å². The van der Waals surface area contributed by atoms with Gasteiger partial charge in [0.1, 0.15) is 12.3 Å². The van der Waals surface area contributed by atoms with Crippen molar-refractivity contribution in [3.05, 3.63) is 11.6 Å². The van der Waals surface area contributed by atoms with Gasteiger partial charge in [-0.05, 0) is 12.5 Å². The molecule has 15 heavy (non-hydrogen) atoms. The normalized spacial score (nSPS) is 36.2. The van der Waals surface area contributed by atoms with Crippen molar-refractivity contribution in [2.24, 2.45) is 0 Å². The minimum atomic E-state index is -0.966. The molecule has 0 aromatic heterocycles. The molecule has 84 valence electrons. The fraction of sp³-hybridized carbons (Fsp3) is 0.700. The second-order valence-corrected chi connectivity index (χ2v) is 3.82. The SMILES string of the molecule is CO[C@@H]1C[C@@H](O)C(=O)N1[C@H]1OCC=C1C. The quantitative estimate of drug-likeness (QED) is 0.648. The zero-order valence-corrected chi connectivity index (χ0v) is 8.84. The van der Waals surface area contributed by atoms with E-state index >= 15 is 0 Å². The summed E-state index contributed by atoms with van der Waals surface area (Å²) in [5.74, 6) is -0.318. The van der Waals surface area contributed by atoms with E-state index in [2.05, 4.69) is 0 Å². The fourth-order valence-electron chi connectivity index (χ4n) is 2.00. The molecule has 5 nitrogen and oxygen atoms in total. The lowest BCUT2D eigenvalue weighted by Crippen LogP contribution is -2.44. The highest BCUT2D eigenvalue weighted by atomic mass is 16.5. The Balaban J connectivity index is 2.19. The van der Waals surface area contributed by atoms with E-state index in [0.717, 1.165) is 5.57 Å². The van der Waals surface area contributed by atoms with Crippen molar-refractivity contribution in [3.63, 3.8) is 0 Å². The highest BCUT2D eigenvalue weighted by Gasteiger charge is 2.44. The van der Waals surface area contributed by atoms with Crippen molar-refractivity contribution in [3.8, 4) is 0 Å². The van der Waals surface area contributed by atoms with Gasteiger partial charge >= 0.3 is 0 Å². The lowest BCUT2D eigenvalue weighted by molar-refractivity contribution is -0.154. The van der Waals surface area contributed by atoms with Gasteiger partial charge < -0.3 is 14.6 Å². The van der Waals surface area contributed by atoms with Gasteiger partial charge in [0.2, 0.25) is 0 Å². The molecule has 0 unspecified atom stereocenters. The topological polar surface area (TPSA) is 59.0 Å². The Kier molecular flexibility index (Phi) is 2.77. The van der Waals surface area contributed by atoms with E-state index in [4.69, 9.17) is 9.47 Å². The number of carbonyl (C=O) groups excluding carboxylic acids is 1. The number of aliphatic hydroxyl groups excluding tert-OH is 1. The summed E-state index contributed by atoms with van der Waals surface area (Å²) in [6.07, 6.45) is 0.503. The van der Waals surface area contributed by atoms with Crippen molar-refractivity contribution < 1.29 is 19.4 Å². The summed E-state index contributed by atoms with van der Waals surface area (Å²) in [6.45, 7) is 2.41. The molecule has 1 saturated heterocycles. The molecular formula is C10H15NO4. The van der Waals surface area contributed by atoms with Gasteiger partial charge in [-0.2, -0.15) is 0 Å². The molecule has 1 fully saturated rings. The van der Waals surface area contributed by atoms with E-state index in [-0.39, 0.29) is 18.4 Å². The largest absolute Gasteiger partial charge is 0.383 e. The molecule has 1 amide bonds. The number of ether oxygens (including phenoxy) is 2. The molecule has 0 spiro atoms. The summed E-state index contributed by atoms with van der Waals surface area (Å²) in [4.78, 5) is 13.2. The van der Waals surface area contributed by atoms with Crippen molar-refractivity contribution >= 4 is 5.91 Å². The van der Waals surface area contributed by atoms with Crippen LogP contribution in [-0.2, 0) is 14.3 Å². The van der Waals surface area contributed by atoms with E-state index in [0.29, 0.717) is 13.0 Å². The first kappa shape index (κ1) is 10.6. The van der Waals surface area contributed by atoms with Crippen molar-refractivity contribution in [2.75, 3.05) is 13.7 Å². The molecule has 2 rings (SSSR count). The van der Waals surface area contributed by atoms with E-state index in [1.165, 1.54) is 12.0 Å². The monoisotopic (exact) mass is 213 g/mol. The Labute approximate surface area is 88.3 Å². The first-order chi connectivity index (χ1) is 7.15. The van der Waals surface area contributed by atoms with E-state index in [1.54, 1.807) is 0 Å². The van der Waals surface area contributed by atoms with Gasteiger partial charge in [-0.25, -0.2) is 0 Å². The molecule has 2 aliphatic heterocycles. The van der Waals surface area contributed by atoms with Crippen LogP contribution in [0.4, 0.5) is 0 Å². The number of aliphatic hydroxyl groups is 1. The standard InChI is InChI=1S/C10H15NO4/c1-6-3-4-15-10(6)11-8(14-2)5-7(12)9(11)13/h3,7-8,10,12H,4-5H2,1-2H3/t7-,8-,10+/m1/s1. The molecule has 0 aliphatic carbocycles. The molecule has 0 aromatic rings. The predicted molar refractivity (Wildman–Crippen MR) is 51.8 cm³/mol. The van der Waals surface area contributed by atoms with Crippen LogP contribution in [0.5, 0.6) is 0 Å². The summed E-state index contributed by atoms with van der Waals surface area (Å²) in [5, 5.41) is 9.47. The maximum absolute atomic E-state index is 11.7. The number of amides is 1. The molecule has 0 saturated carbocycles. The highest BCUT2D eigenvalue weighted by molar-refractivity contribution is 5.83. The Morgan fingerprint density at radius 2 is 2.40 bits per heavy atom. The third-order valence-corrected chi connectivity index (χ3v) is 2.85. The van der Waals surface area contributed by atoms with Crippen LogP contribution in [0.15, 0.2) is 11.6 Å². The minimum absolute atomic E-state index is 0.308. The molecule has 1 N–H and O–H groups in total. The maximum atomic E-state index is 11.7. The van der Waals surface area contributed by atoms with Crippen molar-refractivity contribution in [1.82, 2.24) is 4.90 Å². The van der Waals surface area contributed by atoms with Gasteiger partial charge in [-0.1, -0.05) is 6.08 Å². The van der Waals surface area contributed by atoms with E-state index < -0.39 is 6.10 Å². The zero-order valence-electron chi connectivity index (χ0n) is 8.84. The lowest BCUT2D eigenvalue weighted by atomic mass is 10.2. The first-order valence-corrected chi connectivity index (χ1v) is 4.96. The molecule has 2 heterocycles. The summed E-state index contributed by atoms with van der Waals surface area (Å²) in [5.41, 5.74) is 0.986. The van der Waals surface area contributed by atoms with E-state index in [9.17, 15) is 9.90 Å². The predicted octanol–water partition coefficient (Wildman–Crippen LogP) is -0.145. The molecule has 3 atom stereocenters. The van der Waals surface area contributed by atoms with E-state index in [1.807, 2.05) is 13.0 Å². The number of methoxy groups -OCH3 is 1. The van der Waals surface area contributed by atoms with Crippen LogP contribution in [0.1, 0.15) is 13.3 Å². The third kappa shape index (κ3) is 1.67. The number of hydrogen-bond donors (Lipinski definition) is 1. The number of carbonyl (C=O) groups is 1. The Morgan fingerprint density at radius 1 is 1.67 bits per heavy atom. The summed E-state index contributed by atoms with van der Waals surface area (Å²) in [6, 6.07) is 0. The van der Waals surface area contributed by atoms with Crippen LogP contribution in [0.3, 0.4) is 0 Å². The summed E-state index contributed by atoms with van der Waals surface area (Å²) in [7, 11) is 1.52. The number of likely N-dealkylation sites (tertiary alicyclic amines) is 1. The average molecular weight is 213 g/mol. The second-order valence-electron chi connectivity index (χ2n) is 3.82. The second kappa shape index (κ2) is 3.92. The Morgan fingerprint density at radius 3 is 2.93 bits per heavy atom. The third-order valence-electron chi connectivity index (χ3n) is 2.85. The van der Waals surface area contributed by atoms with Crippen molar-refractivity contribution in [1.29, 1.82) is 0 Å². The molecule has 0 aromatic carbocycles. The molecule has 2 aliphatic rings. The van der Waals surface area contributed by atoms with Gasteiger partial charge in [0.05, 0.1) is 6.61 Å². The Bertz CT molecular complexity index is 302. The van der Waals surface area contributed by atoms with Crippen LogP contribution < -0.4 is 0 Å². The van der Waals surface area contributed by atoms with Crippen LogP contribution in [-0.4, -0.2) is 48.2 Å². The van der Waals surface area contributed by atoms with Gasteiger partial charge in [0, 0.05) is 13.5 Å². The van der Waals surface area contributed by atoms with Crippen LogP contribution in [0, 0.1) is 0 Å². The smallest absolute Gasteiger partial charge is 0.255 e. The number of rotatable bonds is 2. The lowest BCUT2D eigenvalue weighted by Gasteiger charge is -2.29. The molecular weight excluding hydrogens is 198 g/mol. The molecule has 5 heteroatoms. The summed E-state index contributed by atoms with van der Waals surface area (Å²) >= 11 is 0. The Hall–Kier alpha value is -0.910. The number of nitrogens with zero attached hydrogens (tertiary/aromatic N) is 1. The van der Waals surface area contributed by atoms with Crippen LogP contribution in [0.2, 0.25) is 0 Å². The zero-order chi connectivity index (χ0) is 11.0. The first-order valence-electron chi connectivity index (χ1n) is 4.96. The molecule has 0 bridgehead atoms. The molecule has 0 radical (unpaired) electrons. The fourth-order valence-corrected chi connectivity index (χ4v) is 2.00. The number of hydrogen-bond acceptors (Lipinski definition) is 4. The van der Waals surface area contributed by atoms with Gasteiger partial charge in [-0.3, -0.25) is 9.69 Å². The summed E-state index contributed by atoms with van der Waals surface area (Å²) < 4.78 is 10.6. The van der Waals surface area contributed by atoms with Gasteiger partial charge in [0.25, 0.3) is 5.91 Å². The van der Waals surface area contributed by atoms with Crippen LogP contribution >= 0.6 is 0 Å². The van der Waals surface area contributed by atoms with Crippen LogP contribution in [0.25, 0.3) is 0 Å². The highest BCUT2D eigenvalue weighted by Crippen LogP contribution is 2.28. The average Bonchev–Trinajstić information content (AvgIpc) is 2.73. The van der Waals surface area contributed by atoms with Gasteiger partial charge in [-0.15, -0.1) is 0 Å². The minimum Gasteiger partial charge on any atom is -0.383 e. The maximum Gasteiger partial charge on any atom is 0.255 e.